The summed E-state index contributed by atoms with van der Waals surface area (Å²) < 4.78 is 0.835. The highest BCUT2D eigenvalue weighted by atomic mass is 79.9. The second-order valence-electron chi connectivity index (χ2n) is 4.66. The number of hydrogen-bond acceptors (Lipinski definition) is 1. The zero-order chi connectivity index (χ0) is 14.3. The molecule has 1 heterocycles. The lowest BCUT2D eigenvalue weighted by atomic mass is 10.0. The molecule has 0 spiro atoms. The van der Waals surface area contributed by atoms with Crippen LogP contribution in [0.2, 0.25) is 5.02 Å². The van der Waals surface area contributed by atoms with Crippen molar-refractivity contribution in [2.75, 3.05) is 0 Å². The van der Waals surface area contributed by atoms with Crippen LogP contribution in [-0.2, 0) is 0 Å². The molecular weight excluding hydrogens is 338 g/mol. The second kappa shape index (κ2) is 5.08. The van der Waals surface area contributed by atoms with E-state index in [1.807, 2.05) is 37.3 Å². The molecule has 0 unspecified atom stereocenters. The summed E-state index contributed by atoms with van der Waals surface area (Å²) >= 11 is 9.51. The Morgan fingerprint density at radius 1 is 1.20 bits per heavy atom. The Balaban J connectivity index is 2.18. The molecule has 0 saturated heterocycles. The lowest BCUT2D eigenvalue weighted by molar-refractivity contribution is 0.103. The molecule has 0 radical (unpaired) electrons. The summed E-state index contributed by atoms with van der Waals surface area (Å²) in [6.45, 7) is 1.97. The van der Waals surface area contributed by atoms with Crippen molar-refractivity contribution >= 4 is 44.2 Å². The van der Waals surface area contributed by atoms with E-state index in [4.69, 9.17) is 11.6 Å². The molecule has 4 heteroatoms. The van der Waals surface area contributed by atoms with Crippen LogP contribution in [-0.4, -0.2) is 10.8 Å². The van der Waals surface area contributed by atoms with Gasteiger partial charge in [0.1, 0.15) is 0 Å². The first-order valence-corrected chi connectivity index (χ1v) is 7.31. The van der Waals surface area contributed by atoms with Gasteiger partial charge in [-0.05, 0) is 52.7 Å². The van der Waals surface area contributed by atoms with E-state index in [0.717, 1.165) is 20.9 Å². The van der Waals surface area contributed by atoms with Crippen LogP contribution in [0.1, 0.15) is 21.5 Å². The van der Waals surface area contributed by atoms with Crippen LogP contribution < -0.4 is 0 Å². The van der Waals surface area contributed by atoms with Gasteiger partial charge < -0.3 is 4.98 Å². The van der Waals surface area contributed by atoms with Gasteiger partial charge in [0.15, 0.2) is 5.78 Å². The van der Waals surface area contributed by atoms with Crippen molar-refractivity contribution < 1.29 is 4.79 Å². The fraction of sp³-hybridized carbons (Fsp3) is 0.0625. The molecular formula is C16H11BrClNO. The van der Waals surface area contributed by atoms with Gasteiger partial charge in [-0.3, -0.25) is 4.79 Å². The smallest absolute Gasteiger partial charge is 0.196 e. The molecule has 3 aromatic rings. The third-order valence-corrected chi connectivity index (χ3v) is 4.61. The van der Waals surface area contributed by atoms with Gasteiger partial charge in [0.2, 0.25) is 0 Å². The number of ketones is 1. The summed E-state index contributed by atoms with van der Waals surface area (Å²) in [4.78, 5) is 15.8. The minimum Gasteiger partial charge on any atom is -0.360 e. The Bertz CT molecular complexity index is 822. The first kappa shape index (κ1) is 13.4. The second-order valence-corrected chi connectivity index (χ2v) is 5.89. The van der Waals surface area contributed by atoms with E-state index in [2.05, 4.69) is 20.9 Å². The zero-order valence-electron chi connectivity index (χ0n) is 10.7. The van der Waals surface area contributed by atoms with Crippen LogP contribution >= 0.6 is 27.5 Å². The molecule has 1 N–H and O–H groups in total. The van der Waals surface area contributed by atoms with Crippen molar-refractivity contribution in [1.82, 2.24) is 4.98 Å². The third-order valence-electron chi connectivity index (χ3n) is 3.32. The van der Waals surface area contributed by atoms with E-state index in [9.17, 15) is 4.79 Å². The minimum absolute atomic E-state index is 0.0194. The molecule has 2 aromatic carbocycles. The van der Waals surface area contributed by atoms with Crippen molar-refractivity contribution in [3.05, 3.63) is 68.8 Å². The molecule has 1 aromatic heterocycles. The van der Waals surface area contributed by atoms with E-state index >= 15 is 0 Å². The first-order chi connectivity index (χ1) is 9.58. The number of carbonyl (C=O) groups excluding carboxylic acids is 1. The Hall–Kier alpha value is -1.58. The van der Waals surface area contributed by atoms with Crippen molar-refractivity contribution in [1.29, 1.82) is 0 Å². The van der Waals surface area contributed by atoms with Gasteiger partial charge in [-0.15, -0.1) is 0 Å². The van der Waals surface area contributed by atoms with Crippen LogP contribution in [0.15, 0.2) is 47.1 Å². The molecule has 20 heavy (non-hydrogen) atoms. The number of hydrogen-bond donors (Lipinski definition) is 1. The summed E-state index contributed by atoms with van der Waals surface area (Å²) in [5.41, 5.74) is 3.23. The molecule has 2 nitrogen and oxygen atoms in total. The van der Waals surface area contributed by atoms with E-state index in [-0.39, 0.29) is 5.78 Å². The highest BCUT2D eigenvalue weighted by Gasteiger charge is 2.17. The van der Waals surface area contributed by atoms with E-state index in [1.54, 1.807) is 12.3 Å². The first-order valence-electron chi connectivity index (χ1n) is 6.14. The minimum atomic E-state index is -0.0194. The number of benzene rings is 2. The van der Waals surface area contributed by atoms with Crippen molar-refractivity contribution in [3.8, 4) is 0 Å². The number of fused-ring (bicyclic) bond motifs is 1. The quantitative estimate of drug-likeness (QED) is 0.640. The summed E-state index contributed by atoms with van der Waals surface area (Å²) in [5.74, 6) is -0.0194. The van der Waals surface area contributed by atoms with Crippen molar-refractivity contribution in [2.24, 2.45) is 0 Å². The van der Waals surface area contributed by atoms with Gasteiger partial charge in [-0.1, -0.05) is 23.7 Å². The molecule has 3 rings (SSSR count). The maximum absolute atomic E-state index is 12.7. The molecule has 0 fully saturated rings. The SMILES string of the molecule is Cc1cccc(C(=O)c2c[nH]c3ccc(Cl)cc23)c1Br. The number of H-pyrrole nitrogens is 1. The molecule has 0 aliphatic rings. The van der Waals surface area contributed by atoms with E-state index in [1.165, 1.54) is 0 Å². The molecule has 0 aliphatic heterocycles. The lowest BCUT2D eigenvalue weighted by Crippen LogP contribution is -2.02. The Labute approximate surface area is 129 Å². The number of halogens is 2. The Kier molecular flexibility index (Phi) is 3.40. The lowest BCUT2D eigenvalue weighted by Gasteiger charge is -2.05. The summed E-state index contributed by atoms with van der Waals surface area (Å²) in [6, 6.07) is 11.2. The van der Waals surface area contributed by atoms with Gasteiger partial charge in [0.25, 0.3) is 0 Å². The maximum atomic E-state index is 12.7. The summed E-state index contributed by atoms with van der Waals surface area (Å²) in [7, 11) is 0. The molecule has 0 bridgehead atoms. The highest BCUT2D eigenvalue weighted by Crippen LogP contribution is 2.28. The maximum Gasteiger partial charge on any atom is 0.196 e. The average molecular weight is 349 g/mol. The van der Waals surface area contributed by atoms with Crippen molar-refractivity contribution in [2.45, 2.75) is 6.92 Å². The topological polar surface area (TPSA) is 32.9 Å². The predicted octanol–water partition coefficient (Wildman–Crippen LogP) is 5.12. The van der Waals surface area contributed by atoms with Crippen LogP contribution in [0.25, 0.3) is 10.9 Å². The van der Waals surface area contributed by atoms with Gasteiger partial charge in [0, 0.05) is 37.7 Å². The van der Waals surface area contributed by atoms with Crippen LogP contribution in [0.3, 0.4) is 0 Å². The normalized spacial score (nSPS) is 10.9. The Morgan fingerprint density at radius 2 is 2.00 bits per heavy atom. The van der Waals surface area contributed by atoms with Gasteiger partial charge in [0.05, 0.1) is 0 Å². The van der Waals surface area contributed by atoms with Gasteiger partial charge in [-0.25, -0.2) is 0 Å². The van der Waals surface area contributed by atoms with Gasteiger partial charge in [-0.2, -0.15) is 0 Å². The highest BCUT2D eigenvalue weighted by molar-refractivity contribution is 9.10. The predicted molar refractivity (Wildman–Crippen MR) is 85.6 cm³/mol. The Morgan fingerprint density at radius 3 is 2.80 bits per heavy atom. The fourth-order valence-electron chi connectivity index (χ4n) is 2.25. The molecule has 100 valence electrons. The van der Waals surface area contributed by atoms with E-state index in [0.29, 0.717) is 16.1 Å². The molecule has 0 atom stereocenters. The monoisotopic (exact) mass is 347 g/mol. The van der Waals surface area contributed by atoms with Gasteiger partial charge >= 0.3 is 0 Å². The molecule has 0 aliphatic carbocycles. The zero-order valence-corrected chi connectivity index (χ0v) is 13.0. The summed E-state index contributed by atoms with van der Waals surface area (Å²) in [6.07, 6.45) is 1.73. The largest absolute Gasteiger partial charge is 0.360 e. The number of rotatable bonds is 2. The van der Waals surface area contributed by atoms with Crippen LogP contribution in [0, 0.1) is 6.92 Å². The molecule has 0 amide bonds. The number of aryl methyl sites for hydroxylation is 1. The van der Waals surface area contributed by atoms with Crippen LogP contribution in [0.5, 0.6) is 0 Å². The fourth-order valence-corrected chi connectivity index (χ4v) is 2.87. The standard InChI is InChI=1S/C16H11BrClNO/c1-9-3-2-4-11(15(9)17)16(20)13-8-19-14-6-5-10(18)7-12(13)14/h2-8,19H,1H3. The number of aromatic nitrogens is 1. The summed E-state index contributed by atoms with van der Waals surface area (Å²) in [5, 5.41) is 1.46. The number of nitrogens with one attached hydrogen (secondary N) is 1. The third kappa shape index (κ3) is 2.17. The number of carbonyl (C=O) groups is 1. The average Bonchev–Trinajstić information content (AvgIpc) is 2.84. The molecule has 0 saturated carbocycles. The van der Waals surface area contributed by atoms with Crippen molar-refractivity contribution in [3.63, 3.8) is 0 Å². The van der Waals surface area contributed by atoms with E-state index < -0.39 is 0 Å². The van der Waals surface area contributed by atoms with Crippen LogP contribution in [0.4, 0.5) is 0 Å². The number of aromatic amines is 1.